The number of nitrogens with zero attached hydrogens (tertiary/aromatic N) is 1. The molecule has 4 heteroatoms. The van der Waals surface area contributed by atoms with Crippen LogP contribution in [0.1, 0.15) is 35.7 Å². The molecule has 0 aromatic heterocycles. The van der Waals surface area contributed by atoms with Gasteiger partial charge in [-0.25, -0.2) is 0 Å². The maximum Gasteiger partial charge on any atom is 0.253 e. The van der Waals surface area contributed by atoms with Gasteiger partial charge in [0.2, 0.25) is 5.91 Å². The molecular formula is C15H18N2O2. The number of anilines is 1. The van der Waals surface area contributed by atoms with Crippen LogP contribution in [0.5, 0.6) is 0 Å². The summed E-state index contributed by atoms with van der Waals surface area (Å²) in [6.07, 6.45) is 2.65. The Labute approximate surface area is 112 Å². The van der Waals surface area contributed by atoms with Crippen molar-refractivity contribution in [1.82, 2.24) is 4.90 Å². The zero-order valence-corrected chi connectivity index (χ0v) is 11.1. The fourth-order valence-electron chi connectivity index (χ4n) is 2.88. The van der Waals surface area contributed by atoms with E-state index in [1.54, 1.807) is 0 Å². The van der Waals surface area contributed by atoms with Gasteiger partial charge < -0.3 is 10.2 Å². The second kappa shape index (κ2) is 4.68. The molecule has 3 rings (SSSR count). The fourth-order valence-corrected chi connectivity index (χ4v) is 2.88. The van der Waals surface area contributed by atoms with Gasteiger partial charge in [-0.2, -0.15) is 0 Å². The Morgan fingerprint density at radius 1 is 1.47 bits per heavy atom. The van der Waals surface area contributed by atoms with Gasteiger partial charge in [-0.1, -0.05) is 19.4 Å². The summed E-state index contributed by atoms with van der Waals surface area (Å²) in [6.45, 7) is 3.88. The van der Waals surface area contributed by atoms with E-state index in [0.29, 0.717) is 17.9 Å². The van der Waals surface area contributed by atoms with Crippen molar-refractivity contribution in [2.24, 2.45) is 5.92 Å². The van der Waals surface area contributed by atoms with Crippen LogP contribution in [0, 0.1) is 5.92 Å². The lowest BCUT2D eigenvalue weighted by Gasteiger charge is -2.16. The number of hydrogen-bond acceptors (Lipinski definition) is 2. The molecule has 1 atom stereocenters. The Balaban J connectivity index is 1.78. The first kappa shape index (κ1) is 12.2. The van der Waals surface area contributed by atoms with Crippen LogP contribution in [-0.4, -0.2) is 29.8 Å². The summed E-state index contributed by atoms with van der Waals surface area (Å²) in [7, 11) is 0. The molecule has 1 aromatic rings. The maximum atomic E-state index is 12.4. The third-order valence-corrected chi connectivity index (χ3v) is 4.13. The summed E-state index contributed by atoms with van der Waals surface area (Å²) >= 11 is 0. The summed E-state index contributed by atoms with van der Waals surface area (Å²) in [5, 5.41) is 2.79. The molecule has 19 heavy (non-hydrogen) atoms. The van der Waals surface area contributed by atoms with Gasteiger partial charge in [-0.05, 0) is 30.0 Å². The van der Waals surface area contributed by atoms with Crippen molar-refractivity contribution in [1.29, 1.82) is 0 Å². The van der Waals surface area contributed by atoms with Crippen molar-refractivity contribution < 1.29 is 9.59 Å². The van der Waals surface area contributed by atoms with Crippen LogP contribution >= 0.6 is 0 Å². The van der Waals surface area contributed by atoms with Gasteiger partial charge in [0.25, 0.3) is 5.91 Å². The molecule has 100 valence electrons. The molecule has 1 fully saturated rings. The number of carbonyl (C=O) groups excluding carboxylic acids is 2. The first-order valence-corrected chi connectivity index (χ1v) is 6.89. The molecule has 0 bridgehead atoms. The highest BCUT2D eigenvalue weighted by molar-refractivity contribution is 6.02. The van der Waals surface area contributed by atoms with Gasteiger partial charge in [0, 0.05) is 24.3 Å². The van der Waals surface area contributed by atoms with Crippen LogP contribution in [0.25, 0.3) is 0 Å². The standard InChI is InChI=1S/C15H18N2O2/c1-2-10-5-6-17(9-10)15(19)12-4-3-11-8-14(18)16-13(11)7-12/h3-4,7,10H,2,5-6,8-9H2,1H3,(H,16,18). The quantitative estimate of drug-likeness (QED) is 0.882. The number of fused-ring (bicyclic) bond motifs is 1. The molecule has 2 amide bonds. The smallest absolute Gasteiger partial charge is 0.253 e. The second-order valence-corrected chi connectivity index (χ2v) is 5.41. The van der Waals surface area contributed by atoms with Gasteiger partial charge in [-0.3, -0.25) is 9.59 Å². The van der Waals surface area contributed by atoms with Crippen LogP contribution in [-0.2, 0) is 11.2 Å². The molecule has 2 aliphatic heterocycles. The molecule has 2 heterocycles. The van der Waals surface area contributed by atoms with Crippen molar-refractivity contribution in [2.75, 3.05) is 18.4 Å². The van der Waals surface area contributed by atoms with E-state index in [-0.39, 0.29) is 11.8 Å². The maximum absolute atomic E-state index is 12.4. The Bertz CT molecular complexity index is 539. The van der Waals surface area contributed by atoms with E-state index in [1.807, 2.05) is 23.1 Å². The predicted octanol–water partition coefficient (Wildman–Crippen LogP) is 2.05. The van der Waals surface area contributed by atoms with E-state index in [2.05, 4.69) is 12.2 Å². The number of carbonyl (C=O) groups is 2. The summed E-state index contributed by atoms with van der Waals surface area (Å²) in [5.41, 5.74) is 2.45. The van der Waals surface area contributed by atoms with E-state index < -0.39 is 0 Å². The van der Waals surface area contributed by atoms with Gasteiger partial charge in [-0.15, -0.1) is 0 Å². The molecule has 2 aliphatic rings. The Hall–Kier alpha value is -1.84. The molecule has 1 aromatic carbocycles. The lowest BCUT2D eigenvalue weighted by atomic mass is 10.1. The van der Waals surface area contributed by atoms with Gasteiger partial charge in [0.05, 0.1) is 6.42 Å². The summed E-state index contributed by atoms with van der Waals surface area (Å²) < 4.78 is 0. The number of benzene rings is 1. The van der Waals surface area contributed by atoms with Crippen molar-refractivity contribution in [2.45, 2.75) is 26.2 Å². The third-order valence-electron chi connectivity index (χ3n) is 4.13. The molecule has 4 nitrogen and oxygen atoms in total. The average Bonchev–Trinajstić information content (AvgIpc) is 3.01. The number of rotatable bonds is 2. The normalized spacial score (nSPS) is 21.4. The van der Waals surface area contributed by atoms with Crippen LogP contribution in [0.15, 0.2) is 18.2 Å². The van der Waals surface area contributed by atoms with Crippen LogP contribution in [0.3, 0.4) is 0 Å². The number of hydrogen-bond donors (Lipinski definition) is 1. The largest absolute Gasteiger partial charge is 0.338 e. The first-order chi connectivity index (χ1) is 9.17. The molecule has 1 unspecified atom stereocenters. The lowest BCUT2D eigenvalue weighted by Crippen LogP contribution is -2.28. The molecule has 0 saturated carbocycles. The topological polar surface area (TPSA) is 49.4 Å². The van der Waals surface area contributed by atoms with E-state index in [0.717, 1.165) is 37.2 Å². The van der Waals surface area contributed by atoms with Crippen LogP contribution in [0.2, 0.25) is 0 Å². The number of amides is 2. The third kappa shape index (κ3) is 2.23. The predicted molar refractivity (Wildman–Crippen MR) is 73.1 cm³/mol. The van der Waals surface area contributed by atoms with Crippen molar-refractivity contribution in [3.63, 3.8) is 0 Å². The van der Waals surface area contributed by atoms with Crippen molar-refractivity contribution in [3.8, 4) is 0 Å². The molecule has 1 saturated heterocycles. The summed E-state index contributed by atoms with van der Waals surface area (Å²) in [6, 6.07) is 5.52. The summed E-state index contributed by atoms with van der Waals surface area (Å²) in [5.74, 6) is 0.727. The van der Waals surface area contributed by atoms with E-state index in [9.17, 15) is 9.59 Å². The van der Waals surface area contributed by atoms with Gasteiger partial charge in [0.1, 0.15) is 0 Å². The molecule has 0 aliphatic carbocycles. The highest BCUT2D eigenvalue weighted by atomic mass is 16.2. The molecule has 1 N–H and O–H groups in total. The zero-order valence-electron chi connectivity index (χ0n) is 11.1. The monoisotopic (exact) mass is 258 g/mol. The Kier molecular flexibility index (Phi) is 3.01. The minimum Gasteiger partial charge on any atom is -0.338 e. The van der Waals surface area contributed by atoms with E-state index in [4.69, 9.17) is 0 Å². The van der Waals surface area contributed by atoms with Gasteiger partial charge in [0.15, 0.2) is 0 Å². The summed E-state index contributed by atoms with van der Waals surface area (Å²) in [4.78, 5) is 25.6. The minimum absolute atomic E-state index is 0.00631. The molecule has 0 spiro atoms. The van der Waals surface area contributed by atoms with E-state index >= 15 is 0 Å². The average molecular weight is 258 g/mol. The minimum atomic E-state index is 0.00631. The van der Waals surface area contributed by atoms with Crippen LogP contribution in [0.4, 0.5) is 5.69 Å². The first-order valence-electron chi connectivity index (χ1n) is 6.89. The van der Waals surface area contributed by atoms with Gasteiger partial charge >= 0.3 is 0 Å². The lowest BCUT2D eigenvalue weighted by molar-refractivity contribution is -0.115. The number of nitrogens with one attached hydrogen (secondary N) is 1. The highest BCUT2D eigenvalue weighted by Crippen LogP contribution is 2.26. The van der Waals surface area contributed by atoms with Crippen LogP contribution < -0.4 is 5.32 Å². The zero-order chi connectivity index (χ0) is 13.4. The molecule has 0 radical (unpaired) electrons. The molecular weight excluding hydrogens is 240 g/mol. The fraction of sp³-hybridized carbons (Fsp3) is 0.467. The SMILES string of the molecule is CCC1CCN(C(=O)c2ccc3c(c2)NC(=O)C3)C1. The Morgan fingerprint density at radius 2 is 2.32 bits per heavy atom. The highest BCUT2D eigenvalue weighted by Gasteiger charge is 2.27. The van der Waals surface area contributed by atoms with Crippen molar-refractivity contribution in [3.05, 3.63) is 29.3 Å². The van der Waals surface area contributed by atoms with E-state index in [1.165, 1.54) is 0 Å². The van der Waals surface area contributed by atoms with Crippen molar-refractivity contribution >= 4 is 17.5 Å². The second-order valence-electron chi connectivity index (χ2n) is 5.41. The number of likely N-dealkylation sites (tertiary alicyclic amines) is 1. The Morgan fingerprint density at radius 3 is 3.05 bits per heavy atom.